The van der Waals surface area contributed by atoms with Crippen molar-refractivity contribution < 1.29 is 9.53 Å². The van der Waals surface area contributed by atoms with Gasteiger partial charge in [0.15, 0.2) is 0 Å². The third kappa shape index (κ3) is 4.69. The van der Waals surface area contributed by atoms with E-state index < -0.39 is 0 Å². The number of benzene rings is 3. The summed E-state index contributed by atoms with van der Waals surface area (Å²) in [4.78, 5) is 19.8. The van der Waals surface area contributed by atoms with Crippen LogP contribution in [0.1, 0.15) is 42.1 Å². The predicted octanol–water partition coefficient (Wildman–Crippen LogP) is 6.03. The van der Waals surface area contributed by atoms with E-state index in [4.69, 9.17) is 9.72 Å². The lowest BCUT2D eigenvalue weighted by Gasteiger charge is -2.18. The predicted molar refractivity (Wildman–Crippen MR) is 137 cm³/mol. The van der Waals surface area contributed by atoms with Crippen molar-refractivity contribution >= 4 is 22.6 Å². The molecule has 1 aliphatic rings. The van der Waals surface area contributed by atoms with E-state index in [-0.39, 0.29) is 11.8 Å². The molecule has 1 amide bonds. The van der Waals surface area contributed by atoms with E-state index in [1.807, 2.05) is 35.2 Å². The Morgan fingerprint density at radius 1 is 0.941 bits per heavy atom. The summed E-state index contributed by atoms with van der Waals surface area (Å²) in [7, 11) is 0. The molecule has 34 heavy (non-hydrogen) atoms. The average Bonchev–Trinajstić information content (AvgIpc) is 3.40. The van der Waals surface area contributed by atoms with Crippen LogP contribution in [0.4, 0.5) is 5.69 Å². The first-order chi connectivity index (χ1) is 16.6. The van der Waals surface area contributed by atoms with E-state index in [9.17, 15) is 4.79 Å². The molecule has 1 aromatic heterocycles. The van der Waals surface area contributed by atoms with Gasteiger partial charge in [0.05, 0.1) is 17.6 Å². The summed E-state index contributed by atoms with van der Waals surface area (Å²) in [5, 5.41) is 0. The Morgan fingerprint density at radius 2 is 1.76 bits per heavy atom. The molecule has 1 aliphatic heterocycles. The molecule has 174 valence electrons. The highest BCUT2D eigenvalue weighted by molar-refractivity contribution is 5.96. The van der Waals surface area contributed by atoms with Gasteiger partial charge in [0.1, 0.15) is 11.6 Å². The van der Waals surface area contributed by atoms with E-state index in [0.29, 0.717) is 19.6 Å². The van der Waals surface area contributed by atoms with E-state index in [1.165, 1.54) is 11.1 Å². The van der Waals surface area contributed by atoms with Crippen LogP contribution in [0, 0.1) is 13.8 Å². The fraction of sp³-hybridized carbons (Fsp3) is 0.310. The average molecular weight is 454 g/mol. The second kappa shape index (κ2) is 9.72. The second-order valence-corrected chi connectivity index (χ2v) is 9.22. The first-order valence-electron chi connectivity index (χ1n) is 12.1. The molecule has 0 unspecified atom stereocenters. The highest BCUT2D eigenvalue weighted by Gasteiger charge is 2.34. The molecule has 1 saturated heterocycles. The molecule has 3 aromatic carbocycles. The summed E-state index contributed by atoms with van der Waals surface area (Å²) in [6, 6.07) is 24.6. The molecule has 2 heterocycles. The summed E-state index contributed by atoms with van der Waals surface area (Å²) in [5.41, 5.74) is 5.50. The van der Waals surface area contributed by atoms with Crippen LogP contribution in [0.25, 0.3) is 11.0 Å². The lowest BCUT2D eigenvalue weighted by molar-refractivity contribution is -0.117. The van der Waals surface area contributed by atoms with Crippen molar-refractivity contribution in [3.8, 4) is 5.75 Å². The van der Waals surface area contributed by atoms with Crippen molar-refractivity contribution in [3.63, 3.8) is 0 Å². The minimum Gasteiger partial charge on any atom is -0.494 e. The molecule has 0 spiro atoms. The molecule has 0 N–H and O–H groups in total. The molecule has 1 atom stereocenters. The van der Waals surface area contributed by atoms with Gasteiger partial charge in [0.2, 0.25) is 5.91 Å². The number of nitrogens with zero attached hydrogens (tertiary/aromatic N) is 3. The minimum atomic E-state index is 0.0877. The topological polar surface area (TPSA) is 47.4 Å². The van der Waals surface area contributed by atoms with Crippen LogP contribution in [0.2, 0.25) is 0 Å². The Kier molecular flexibility index (Phi) is 6.35. The van der Waals surface area contributed by atoms with E-state index in [2.05, 4.69) is 60.9 Å². The van der Waals surface area contributed by atoms with Crippen molar-refractivity contribution in [2.45, 2.75) is 45.6 Å². The van der Waals surface area contributed by atoms with Crippen LogP contribution in [0.15, 0.2) is 72.8 Å². The number of rotatable bonds is 8. The van der Waals surface area contributed by atoms with Gasteiger partial charge < -0.3 is 14.2 Å². The number of carbonyl (C=O) groups is 1. The lowest BCUT2D eigenvalue weighted by atomic mass is 10.1. The molecule has 5 heteroatoms. The van der Waals surface area contributed by atoms with Crippen molar-refractivity contribution in [2.75, 3.05) is 18.1 Å². The Labute approximate surface area is 201 Å². The van der Waals surface area contributed by atoms with E-state index in [0.717, 1.165) is 47.7 Å². The van der Waals surface area contributed by atoms with Gasteiger partial charge in [0.25, 0.3) is 0 Å². The first kappa shape index (κ1) is 22.2. The van der Waals surface area contributed by atoms with Crippen molar-refractivity contribution in [1.29, 1.82) is 0 Å². The van der Waals surface area contributed by atoms with Crippen LogP contribution in [0.5, 0.6) is 5.75 Å². The van der Waals surface area contributed by atoms with Crippen LogP contribution in [-0.4, -0.2) is 28.6 Å². The summed E-state index contributed by atoms with van der Waals surface area (Å²) >= 11 is 0. The number of imidazole rings is 1. The molecule has 0 bridgehead atoms. The number of amides is 1. The first-order valence-corrected chi connectivity index (χ1v) is 12.1. The van der Waals surface area contributed by atoms with Gasteiger partial charge in [-0.1, -0.05) is 42.0 Å². The summed E-state index contributed by atoms with van der Waals surface area (Å²) in [6.45, 7) is 6.36. The van der Waals surface area contributed by atoms with Crippen LogP contribution in [0.3, 0.4) is 0 Å². The Morgan fingerprint density at radius 3 is 2.59 bits per heavy atom. The number of aromatic nitrogens is 2. The quantitative estimate of drug-likeness (QED) is 0.306. The van der Waals surface area contributed by atoms with Gasteiger partial charge in [0, 0.05) is 31.1 Å². The second-order valence-electron chi connectivity index (χ2n) is 9.22. The monoisotopic (exact) mass is 453 g/mol. The molecule has 4 aromatic rings. The van der Waals surface area contributed by atoms with Gasteiger partial charge in [-0.25, -0.2) is 4.98 Å². The number of ether oxygens (including phenoxy) is 1. The summed E-state index contributed by atoms with van der Waals surface area (Å²) in [5.74, 6) is 2.20. The van der Waals surface area contributed by atoms with Gasteiger partial charge in [-0.15, -0.1) is 0 Å². The smallest absolute Gasteiger partial charge is 0.227 e. The molecule has 5 rings (SSSR count). The number of carbonyl (C=O) groups excluding carboxylic acids is 1. The van der Waals surface area contributed by atoms with Gasteiger partial charge in [-0.2, -0.15) is 0 Å². The maximum atomic E-state index is 12.9. The maximum absolute atomic E-state index is 12.9. The Balaban J connectivity index is 1.29. The zero-order chi connectivity index (χ0) is 23.5. The molecular weight excluding hydrogens is 422 g/mol. The van der Waals surface area contributed by atoms with Gasteiger partial charge in [-0.05, 0) is 68.7 Å². The fourth-order valence-electron chi connectivity index (χ4n) is 4.76. The number of anilines is 1. The van der Waals surface area contributed by atoms with Crippen molar-refractivity contribution in [3.05, 3.63) is 89.7 Å². The number of hydrogen-bond donors (Lipinski definition) is 0. The normalized spacial score (nSPS) is 15.9. The largest absolute Gasteiger partial charge is 0.494 e. The highest BCUT2D eigenvalue weighted by atomic mass is 16.5. The Bertz CT molecular complexity index is 1290. The molecule has 1 fully saturated rings. The number of aryl methyl sites for hydroxylation is 3. The summed E-state index contributed by atoms with van der Waals surface area (Å²) in [6.07, 6.45) is 2.44. The number of fused-ring (bicyclic) bond motifs is 1. The molecule has 0 radical (unpaired) electrons. The zero-order valence-corrected chi connectivity index (χ0v) is 19.9. The summed E-state index contributed by atoms with van der Waals surface area (Å²) < 4.78 is 8.25. The van der Waals surface area contributed by atoms with Crippen molar-refractivity contribution in [1.82, 2.24) is 9.55 Å². The molecule has 0 aliphatic carbocycles. The maximum Gasteiger partial charge on any atom is 0.227 e. The fourth-order valence-corrected chi connectivity index (χ4v) is 4.76. The number of unbranched alkanes of at least 4 members (excludes halogenated alkanes) is 1. The van der Waals surface area contributed by atoms with Gasteiger partial charge >= 0.3 is 0 Å². The lowest BCUT2D eigenvalue weighted by Crippen LogP contribution is -2.24. The third-order valence-corrected chi connectivity index (χ3v) is 6.55. The standard InChI is InChI=1S/C29H31N3O2/c1-21-12-14-24(15-13-21)32-20-23(19-28(32)33)29-30-26-10-3-4-11-27(26)31(29)16-5-6-17-34-25-9-7-8-22(2)18-25/h3-4,7-15,18,23H,5-6,16-17,19-20H2,1-2H3/t23-/m0/s1. The molecule has 5 nitrogen and oxygen atoms in total. The van der Waals surface area contributed by atoms with E-state index in [1.54, 1.807) is 0 Å². The van der Waals surface area contributed by atoms with Crippen molar-refractivity contribution in [2.24, 2.45) is 0 Å². The zero-order valence-electron chi connectivity index (χ0n) is 19.9. The Hall–Kier alpha value is -3.60. The van der Waals surface area contributed by atoms with Crippen LogP contribution >= 0.6 is 0 Å². The minimum absolute atomic E-state index is 0.0877. The SMILES string of the molecule is Cc1ccc(N2C[C@@H](c3nc4ccccc4n3CCCCOc3cccc(C)c3)CC2=O)cc1. The van der Waals surface area contributed by atoms with Crippen LogP contribution in [-0.2, 0) is 11.3 Å². The van der Waals surface area contributed by atoms with Gasteiger partial charge in [-0.3, -0.25) is 4.79 Å². The third-order valence-electron chi connectivity index (χ3n) is 6.55. The number of para-hydroxylation sites is 2. The molecular formula is C29H31N3O2. The highest BCUT2D eigenvalue weighted by Crippen LogP contribution is 2.33. The number of hydrogen-bond acceptors (Lipinski definition) is 3. The van der Waals surface area contributed by atoms with E-state index >= 15 is 0 Å². The van der Waals surface area contributed by atoms with Crippen LogP contribution < -0.4 is 9.64 Å². The molecule has 0 saturated carbocycles.